The second-order valence-electron chi connectivity index (χ2n) is 8.01. The summed E-state index contributed by atoms with van der Waals surface area (Å²) in [6.45, 7) is 6.11. The predicted octanol–water partition coefficient (Wildman–Crippen LogP) is 4.21. The Balaban J connectivity index is 1.29. The highest BCUT2D eigenvalue weighted by molar-refractivity contribution is 5.99. The van der Waals surface area contributed by atoms with Crippen molar-refractivity contribution in [2.24, 2.45) is 0 Å². The first-order chi connectivity index (χ1) is 15.9. The Labute approximate surface area is 192 Å². The summed E-state index contributed by atoms with van der Waals surface area (Å²) in [7, 11) is 0. The van der Waals surface area contributed by atoms with Gasteiger partial charge in [-0.15, -0.1) is 0 Å². The SMILES string of the molecule is Cc1ccc2nc(COc3ccc(C(=O)NCC(=O)Nc4c(C)cccc4C)cc3)cn2c1. The molecule has 2 amide bonds. The molecule has 2 aromatic carbocycles. The minimum atomic E-state index is -0.325. The van der Waals surface area contributed by atoms with Gasteiger partial charge < -0.3 is 19.8 Å². The molecule has 168 valence electrons. The summed E-state index contributed by atoms with van der Waals surface area (Å²) in [4.78, 5) is 29.2. The fourth-order valence-electron chi connectivity index (χ4n) is 3.54. The van der Waals surface area contributed by atoms with Gasteiger partial charge in [0.2, 0.25) is 5.91 Å². The van der Waals surface area contributed by atoms with Gasteiger partial charge in [0.1, 0.15) is 18.0 Å². The van der Waals surface area contributed by atoms with Crippen LogP contribution in [0.4, 0.5) is 5.69 Å². The van der Waals surface area contributed by atoms with E-state index in [-0.39, 0.29) is 18.4 Å². The summed E-state index contributed by atoms with van der Waals surface area (Å²) in [5, 5.41) is 5.51. The van der Waals surface area contributed by atoms with E-state index in [0.29, 0.717) is 17.9 Å². The molecule has 0 atom stereocenters. The number of fused-ring (bicyclic) bond motifs is 1. The number of imidazole rings is 1. The average Bonchev–Trinajstić information content (AvgIpc) is 3.21. The van der Waals surface area contributed by atoms with Crippen LogP contribution < -0.4 is 15.4 Å². The van der Waals surface area contributed by atoms with Crippen LogP contribution in [0.15, 0.2) is 67.0 Å². The first kappa shape index (κ1) is 22.1. The van der Waals surface area contributed by atoms with E-state index in [2.05, 4.69) is 15.6 Å². The molecule has 7 heteroatoms. The van der Waals surface area contributed by atoms with Crippen LogP contribution in [0.2, 0.25) is 0 Å². The van der Waals surface area contributed by atoms with Crippen LogP contribution in [0.3, 0.4) is 0 Å². The molecule has 0 aliphatic heterocycles. The highest BCUT2D eigenvalue weighted by Gasteiger charge is 2.11. The van der Waals surface area contributed by atoms with Crippen LogP contribution >= 0.6 is 0 Å². The third-order valence-corrected chi connectivity index (χ3v) is 5.31. The van der Waals surface area contributed by atoms with Gasteiger partial charge in [-0.25, -0.2) is 4.98 Å². The van der Waals surface area contributed by atoms with Crippen molar-refractivity contribution in [2.45, 2.75) is 27.4 Å². The molecule has 2 heterocycles. The van der Waals surface area contributed by atoms with E-state index in [1.807, 2.05) is 67.9 Å². The number of anilines is 1. The molecule has 4 rings (SSSR count). The van der Waals surface area contributed by atoms with Crippen molar-refractivity contribution >= 4 is 23.1 Å². The number of amides is 2. The Morgan fingerprint density at radius 2 is 1.67 bits per heavy atom. The van der Waals surface area contributed by atoms with Gasteiger partial charge in [-0.05, 0) is 67.8 Å². The number of ether oxygens (including phenoxy) is 1. The fourth-order valence-corrected chi connectivity index (χ4v) is 3.54. The standard InChI is InChI=1S/C26H26N4O3/c1-17-7-12-23-28-21(15-30(23)14-17)16-33-22-10-8-20(9-11-22)26(32)27-13-24(31)29-25-18(2)5-4-6-19(25)3/h4-12,14-15H,13,16H2,1-3H3,(H,27,32)(H,29,31). The van der Waals surface area contributed by atoms with Gasteiger partial charge in [-0.1, -0.05) is 24.3 Å². The quantitative estimate of drug-likeness (QED) is 0.449. The molecular formula is C26H26N4O3. The fraction of sp³-hybridized carbons (Fsp3) is 0.192. The van der Waals surface area contributed by atoms with E-state index < -0.39 is 0 Å². The molecule has 0 bridgehead atoms. The average molecular weight is 443 g/mol. The van der Waals surface area contributed by atoms with Crippen molar-refractivity contribution in [1.29, 1.82) is 0 Å². The molecule has 0 saturated carbocycles. The van der Waals surface area contributed by atoms with E-state index in [4.69, 9.17) is 4.74 Å². The smallest absolute Gasteiger partial charge is 0.251 e. The number of nitrogens with one attached hydrogen (secondary N) is 2. The molecule has 0 radical (unpaired) electrons. The van der Waals surface area contributed by atoms with Crippen LogP contribution in [-0.4, -0.2) is 27.7 Å². The molecule has 0 aliphatic rings. The van der Waals surface area contributed by atoms with Crippen LogP contribution in [0.25, 0.3) is 5.65 Å². The number of para-hydroxylation sites is 1. The molecule has 2 aromatic heterocycles. The third-order valence-electron chi connectivity index (χ3n) is 5.31. The van der Waals surface area contributed by atoms with Gasteiger partial charge in [-0.3, -0.25) is 9.59 Å². The number of benzene rings is 2. The Kier molecular flexibility index (Phi) is 6.40. The van der Waals surface area contributed by atoms with Crippen molar-refractivity contribution in [2.75, 3.05) is 11.9 Å². The first-order valence-corrected chi connectivity index (χ1v) is 10.7. The van der Waals surface area contributed by atoms with Crippen LogP contribution in [0.5, 0.6) is 5.75 Å². The molecule has 4 aromatic rings. The van der Waals surface area contributed by atoms with Crippen molar-refractivity contribution in [3.8, 4) is 5.75 Å². The first-order valence-electron chi connectivity index (χ1n) is 10.7. The zero-order valence-corrected chi connectivity index (χ0v) is 18.9. The third kappa shape index (κ3) is 5.38. The number of aromatic nitrogens is 2. The van der Waals surface area contributed by atoms with E-state index >= 15 is 0 Å². The van der Waals surface area contributed by atoms with Gasteiger partial charge >= 0.3 is 0 Å². The lowest BCUT2D eigenvalue weighted by Crippen LogP contribution is -2.33. The monoisotopic (exact) mass is 442 g/mol. The number of aryl methyl sites for hydroxylation is 3. The molecule has 0 fully saturated rings. The van der Waals surface area contributed by atoms with Gasteiger partial charge in [0, 0.05) is 23.6 Å². The maximum absolute atomic E-state index is 12.4. The largest absolute Gasteiger partial charge is 0.487 e. The lowest BCUT2D eigenvalue weighted by atomic mass is 10.1. The number of carbonyl (C=O) groups is 2. The summed E-state index contributed by atoms with van der Waals surface area (Å²) in [5.74, 6) is 0.0323. The van der Waals surface area contributed by atoms with Crippen LogP contribution in [0, 0.1) is 20.8 Å². The second kappa shape index (κ2) is 9.56. The number of nitrogens with zero attached hydrogens (tertiary/aromatic N) is 2. The van der Waals surface area contributed by atoms with E-state index in [1.54, 1.807) is 24.3 Å². The summed E-state index contributed by atoms with van der Waals surface area (Å²) in [6, 6.07) is 16.6. The normalized spacial score (nSPS) is 10.8. The number of hydrogen-bond acceptors (Lipinski definition) is 4. The number of pyridine rings is 1. The molecule has 0 unspecified atom stereocenters. The van der Waals surface area contributed by atoms with Gasteiger partial charge in [0.05, 0.1) is 12.2 Å². The minimum absolute atomic E-state index is 0.113. The summed E-state index contributed by atoms with van der Waals surface area (Å²) in [6.07, 6.45) is 3.95. The maximum atomic E-state index is 12.4. The summed E-state index contributed by atoms with van der Waals surface area (Å²) < 4.78 is 7.77. The summed E-state index contributed by atoms with van der Waals surface area (Å²) in [5.41, 5.74) is 6.02. The van der Waals surface area contributed by atoms with Crippen molar-refractivity contribution in [3.63, 3.8) is 0 Å². The molecule has 0 spiro atoms. The number of hydrogen-bond donors (Lipinski definition) is 2. The van der Waals surface area contributed by atoms with Crippen LogP contribution in [-0.2, 0) is 11.4 Å². The second-order valence-corrected chi connectivity index (χ2v) is 8.01. The lowest BCUT2D eigenvalue weighted by Gasteiger charge is -2.12. The van der Waals surface area contributed by atoms with E-state index in [0.717, 1.165) is 33.7 Å². The molecule has 2 N–H and O–H groups in total. The Hall–Kier alpha value is -4.13. The Bertz CT molecular complexity index is 1290. The van der Waals surface area contributed by atoms with Gasteiger partial charge in [-0.2, -0.15) is 0 Å². The lowest BCUT2D eigenvalue weighted by molar-refractivity contribution is -0.115. The molecule has 0 aliphatic carbocycles. The van der Waals surface area contributed by atoms with Gasteiger partial charge in [0.15, 0.2) is 0 Å². The van der Waals surface area contributed by atoms with Crippen molar-refractivity contribution in [1.82, 2.24) is 14.7 Å². The Morgan fingerprint density at radius 1 is 0.939 bits per heavy atom. The summed E-state index contributed by atoms with van der Waals surface area (Å²) >= 11 is 0. The number of carbonyl (C=O) groups excluding carboxylic acids is 2. The predicted molar refractivity (Wildman–Crippen MR) is 128 cm³/mol. The highest BCUT2D eigenvalue weighted by Crippen LogP contribution is 2.19. The molecular weight excluding hydrogens is 416 g/mol. The van der Waals surface area contributed by atoms with E-state index in [9.17, 15) is 9.59 Å². The van der Waals surface area contributed by atoms with Gasteiger partial charge in [0.25, 0.3) is 5.91 Å². The molecule has 7 nitrogen and oxygen atoms in total. The zero-order valence-electron chi connectivity index (χ0n) is 18.9. The topological polar surface area (TPSA) is 84.7 Å². The number of rotatable bonds is 7. The van der Waals surface area contributed by atoms with Crippen LogP contribution in [0.1, 0.15) is 32.7 Å². The van der Waals surface area contributed by atoms with Crippen molar-refractivity contribution in [3.05, 3.63) is 94.9 Å². The zero-order chi connectivity index (χ0) is 23.4. The Morgan fingerprint density at radius 3 is 2.39 bits per heavy atom. The highest BCUT2D eigenvalue weighted by atomic mass is 16.5. The van der Waals surface area contributed by atoms with E-state index in [1.165, 1.54) is 0 Å². The maximum Gasteiger partial charge on any atom is 0.251 e. The minimum Gasteiger partial charge on any atom is -0.487 e. The molecule has 33 heavy (non-hydrogen) atoms. The van der Waals surface area contributed by atoms with Crippen molar-refractivity contribution < 1.29 is 14.3 Å². The molecule has 0 saturated heterocycles.